The molecule has 3 rings (SSSR count). The maximum Gasteiger partial charge on any atom is 0.328 e. The Morgan fingerprint density at radius 3 is 1.64 bits per heavy atom. The zero-order valence-electron chi connectivity index (χ0n) is 15.5. The molecule has 142 valence electrons. The molecule has 0 aliphatic heterocycles. The fraction of sp³-hybridized carbons (Fsp3) is 0.130. The van der Waals surface area contributed by atoms with Gasteiger partial charge in [-0.1, -0.05) is 54.6 Å². The Kier molecular flexibility index (Phi) is 6.07. The third kappa shape index (κ3) is 4.38. The summed E-state index contributed by atoms with van der Waals surface area (Å²) < 4.78 is 0. The molecule has 0 radical (unpaired) electrons. The fourth-order valence-corrected chi connectivity index (χ4v) is 3.15. The minimum absolute atomic E-state index is 0.416. The summed E-state index contributed by atoms with van der Waals surface area (Å²) in [5.74, 6) is -1.51. The minimum atomic E-state index is -1.10. The average Bonchev–Trinajstić information content (AvgIpc) is 2.74. The molecule has 0 spiro atoms. The van der Waals surface area contributed by atoms with Gasteiger partial charge in [-0.2, -0.15) is 0 Å². The van der Waals surface area contributed by atoms with E-state index in [1.165, 1.54) is 0 Å². The molecule has 0 aliphatic rings. The van der Waals surface area contributed by atoms with Gasteiger partial charge in [-0.25, -0.2) is 4.79 Å². The van der Waals surface area contributed by atoms with E-state index in [1.807, 2.05) is 65.6 Å². The van der Waals surface area contributed by atoms with Crippen molar-refractivity contribution in [2.24, 2.45) is 0 Å². The predicted molar refractivity (Wildman–Crippen MR) is 110 cm³/mol. The Bertz CT molecular complexity index is 875. The van der Waals surface area contributed by atoms with Crippen LogP contribution in [0.3, 0.4) is 0 Å². The van der Waals surface area contributed by atoms with E-state index in [-0.39, 0.29) is 0 Å². The van der Waals surface area contributed by atoms with Crippen LogP contribution in [-0.4, -0.2) is 29.1 Å². The van der Waals surface area contributed by atoms with Crippen molar-refractivity contribution in [1.82, 2.24) is 5.32 Å². The number of nitrogens with one attached hydrogen (secondary N) is 1. The van der Waals surface area contributed by atoms with Crippen LogP contribution in [0, 0.1) is 0 Å². The van der Waals surface area contributed by atoms with Gasteiger partial charge in [0.15, 0.2) is 0 Å². The van der Waals surface area contributed by atoms with Gasteiger partial charge >= 0.3 is 5.97 Å². The first-order valence-electron chi connectivity index (χ1n) is 9.06. The van der Waals surface area contributed by atoms with Crippen LogP contribution in [0.25, 0.3) is 0 Å². The second kappa shape index (κ2) is 8.86. The number of nitrogens with zero attached hydrogens (tertiary/aromatic N) is 1. The molecule has 3 aromatic rings. The van der Waals surface area contributed by atoms with E-state index in [0.29, 0.717) is 5.56 Å². The van der Waals surface area contributed by atoms with E-state index in [0.717, 1.165) is 11.4 Å². The van der Waals surface area contributed by atoms with E-state index in [1.54, 1.807) is 37.3 Å². The Balaban J connectivity index is 1.93. The maximum atomic E-state index is 12.6. The number of benzene rings is 3. The summed E-state index contributed by atoms with van der Waals surface area (Å²) in [6, 6.07) is 26.1. The highest BCUT2D eigenvalue weighted by Crippen LogP contribution is 2.28. The first-order chi connectivity index (χ1) is 13.6. The number of anilines is 2. The van der Waals surface area contributed by atoms with Gasteiger partial charge in [0.05, 0.1) is 6.04 Å². The number of para-hydroxylation sites is 2. The highest BCUT2D eigenvalue weighted by molar-refractivity contribution is 5.97. The van der Waals surface area contributed by atoms with Crippen LogP contribution >= 0.6 is 0 Å². The molecule has 5 nitrogen and oxygen atoms in total. The Labute approximate surface area is 164 Å². The van der Waals surface area contributed by atoms with Crippen molar-refractivity contribution in [3.8, 4) is 0 Å². The number of carboxylic acids is 1. The second-order valence-corrected chi connectivity index (χ2v) is 6.44. The standard InChI is InChI=1S/C23H22N2O3/c1-17(21(23(27)28)24-22(26)18-11-5-2-6-12-18)25(19-13-7-3-8-14-19)20-15-9-4-10-16-20/h2-17,21H,1H3,(H,24,26)(H,27,28). The molecule has 28 heavy (non-hydrogen) atoms. The average molecular weight is 374 g/mol. The lowest BCUT2D eigenvalue weighted by atomic mass is 10.0. The largest absolute Gasteiger partial charge is 0.480 e. The van der Waals surface area contributed by atoms with Crippen LogP contribution in [0.1, 0.15) is 17.3 Å². The molecule has 1 amide bonds. The van der Waals surface area contributed by atoms with Crippen molar-refractivity contribution >= 4 is 23.3 Å². The smallest absolute Gasteiger partial charge is 0.328 e. The molecule has 2 atom stereocenters. The van der Waals surface area contributed by atoms with Crippen molar-refractivity contribution in [2.75, 3.05) is 4.90 Å². The van der Waals surface area contributed by atoms with Crippen molar-refractivity contribution in [2.45, 2.75) is 19.0 Å². The fourth-order valence-electron chi connectivity index (χ4n) is 3.15. The number of carbonyl (C=O) groups excluding carboxylic acids is 1. The minimum Gasteiger partial charge on any atom is -0.480 e. The van der Waals surface area contributed by atoms with Gasteiger partial charge in [0, 0.05) is 16.9 Å². The molecule has 2 unspecified atom stereocenters. The number of hydrogen-bond acceptors (Lipinski definition) is 3. The SMILES string of the molecule is CC(C(NC(=O)c1ccccc1)C(=O)O)N(c1ccccc1)c1ccccc1. The Hall–Kier alpha value is -3.60. The number of rotatable bonds is 7. The molecule has 3 aromatic carbocycles. The lowest BCUT2D eigenvalue weighted by Gasteiger charge is -2.35. The second-order valence-electron chi connectivity index (χ2n) is 6.44. The van der Waals surface area contributed by atoms with Crippen LogP contribution in [0.5, 0.6) is 0 Å². The van der Waals surface area contributed by atoms with E-state index in [9.17, 15) is 14.7 Å². The van der Waals surface area contributed by atoms with Crippen LogP contribution in [-0.2, 0) is 4.79 Å². The summed E-state index contributed by atoms with van der Waals surface area (Å²) in [6.07, 6.45) is 0. The van der Waals surface area contributed by atoms with Gasteiger partial charge in [0.25, 0.3) is 5.91 Å². The first kappa shape index (κ1) is 19.2. The Morgan fingerprint density at radius 2 is 1.21 bits per heavy atom. The molecule has 5 heteroatoms. The molecule has 0 aliphatic carbocycles. The zero-order chi connectivity index (χ0) is 19.9. The number of amides is 1. The molecule has 0 fully saturated rings. The van der Waals surface area contributed by atoms with Crippen LogP contribution in [0.2, 0.25) is 0 Å². The van der Waals surface area contributed by atoms with E-state index in [4.69, 9.17) is 0 Å². The van der Waals surface area contributed by atoms with Gasteiger partial charge < -0.3 is 15.3 Å². The van der Waals surface area contributed by atoms with Gasteiger partial charge in [-0.15, -0.1) is 0 Å². The van der Waals surface area contributed by atoms with Gasteiger partial charge in [0.2, 0.25) is 0 Å². The van der Waals surface area contributed by atoms with Crippen LogP contribution in [0.15, 0.2) is 91.0 Å². The molecule has 0 aromatic heterocycles. The molecular formula is C23H22N2O3. The van der Waals surface area contributed by atoms with Crippen LogP contribution < -0.4 is 10.2 Å². The molecule has 0 saturated carbocycles. The molecule has 0 heterocycles. The summed E-state index contributed by atoms with van der Waals surface area (Å²) >= 11 is 0. The van der Waals surface area contributed by atoms with Gasteiger partial charge in [-0.05, 0) is 43.3 Å². The van der Waals surface area contributed by atoms with Gasteiger partial charge in [-0.3, -0.25) is 4.79 Å². The lowest BCUT2D eigenvalue weighted by Crippen LogP contribution is -2.53. The molecular weight excluding hydrogens is 352 g/mol. The summed E-state index contributed by atoms with van der Waals surface area (Å²) in [5, 5.41) is 12.5. The topological polar surface area (TPSA) is 69.6 Å². The predicted octanol–water partition coefficient (Wildman–Crippen LogP) is 4.10. The van der Waals surface area contributed by atoms with Crippen molar-refractivity contribution in [3.05, 3.63) is 96.6 Å². The van der Waals surface area contributed by atoms with Crippen molar-refractivity contribution < 1.29 is 14.7 Å². The normalized spacial score (nSPS) is 12.6. The zero-order valence-corrected chi connectivity index (χ0v) is 15.5. The summed E-state index contributed by atoms with van der Waals surface area (Å²) in [5.41, 5.74) is 2.12. The maximum absolute atomic E-state index is 12.6. The number of hydrogen-bond donors (Lipinski definition) is 2. The van der Waals surface area contributed by atoms with E-state index >= 15 is 0 Å². The number of carbonyl (C=O) groups is 2. The third-order valence-corrected chi connectivity index (χ3v) is 4.55. The quantitative estimate of drug-likeness (QED) is 0.653. The highest BCUT2D eigenvalue weighted by Gasteiger charge is 2.32. The van der Waals surface area contributed by atoms with E-state index < -0.39 is 24.0 Å². The molecule has 0 saturated heterocycles. The summed E-state index contributed by atoms with van der Waals surface area (Å²) in [4.78, 5) is 26.5. The van der Waals surface area contributed by atoms with Crippen LogP contribution in [0.4, 0.5) is 11.4 Å². The number of carboxylic acid groups (broad SMARTS) is 1. The monoisotopic (exact) mass is 374 g/mol. The Morgan fingerprint density at radius 1 is 0.786 bits per heavy atom. The molecule has 0 bridgehead atoms. The lowest BCUT2D eigenvalue weighted by molar-refractivity contribution is -0.139. The first-order valence-corrected chi connectivity index (χ1v) is 9.06. The van der Waals surface area contributed by atoms with Crippen molar-refractivity contribution in [3.63, 3.8) is 0 Å². The summed E-state index contributed by atoms with van der Waals surface area (Å²) in [6.45, 7) is 1.80. The van der Waals surface area contributed by atoms with Gasteiger partial charge in [0.1, 0.15) is 6.04 Å². The molecule has 2 N–H and O–H groups in total. The number of aliphatic carboxylic acids is 1. The highest BCUT2D eigenvalue weighted by atomic mass is 16.4. The summed E-state index contributed by atoms with van der Waals surface area (Å²) in [7, 11) is 0. The van der Waals surface area contributed by atoms with E-state index in [2.05, 4.69) is 5.32 Å². The third-order valence-electron chi connectivity index (χ3n) is 4.55. The van der Waals surface area contributed by atoms with Crippen molar-refractivity contribution in [1.29, 1.82) is 0 Å².